The van der Waals surface area contributed by atoms with E-state index in [0.29, 0.717) is 0 Å². The first-order valence-corrected chi connectivity index (χ1v) is 7.21. The van der Waals surface area contributed by atoms with E-state index in [4.69, 9.17) is 0 Å². The van der Waals surface area contributed by atoms with E-state index in [2.05, 4.69) is 56.3 Å². The Bertz CT molecular complexity index is 442. The van der Waals surface area contributed by atoms with Crippen LogP contribution in [0.1, 0.15) is 35.6 Å². The number of hydrogen-bond acceptors (Lipinski definition) is 1. The Hall–Kier alpha value is -1.08. The van der Waals surface area contributed by atoms with Gasteiger partial charge < -0.3 is 0 Å². The number of hydrogen-bond donors (Lipinski definition) is 0. The van der Waals surface area contributed by atoms with Gasteiger partial charge in [0.25, 0.3) is 0 Å². The number of benzene rings is 1. The maximum atomic E-state index is 2.33. The Morgan fingerprint density at radius 1 is 1.00 bits per heavy atom. The summed E-state index contributed by atoms with van der Waals surface area (Å²) in [5.41, 5.74) is 1.41. The van der Waals surface area contributed by atoms with E-state index in [0.717, 1.165) is 12.3 Å². The Morgan fingerprint density at radius 3 is 2.41 bits per heavy atom. The van der Waals surface area contributed by atoms with E-state index in [-0.39, 0.29) is 0 Å². The molecule has 2 rings (SSSR count). The third kappa shape index (κ3) is 3.71. The topological polar surface area (TPSA) is 0 Å². The summed E-state index contributed by atoms with van der Waals surface area (Å²) in [7, 11) is 0. The van der Waals surface area contributed by atoms with Crippen molar-refractivity contribution in [3.05, 3.63) is 57.8 Å². The van der Waals surface area contributed by atoms with Crippen LogP contribution in [-0.4, -0.2) is 0 Å². The molecule has 1 aromatic carbocycles. The number of rotatable bonds is 5. The van der Waals surface area contributed by atoms with E-state index in [1.165, 1.54) is 28.2 Å². The van der Waals surface area contributed by atoms with Gasteiger partial charge in [-0.2, -0.15) is 0 Å². The predicted molar refractivity (Wildman–Crippen MR) is 76.7 cm³/mol. The molecule has 2 aromatic rings. The van der Waals surface area contributed by atoms with Crippen LogP contribution in [0, 0.1) is 5.92 Å². The monoisotopic (exact) mass is 244 g/mol. The third-order valence-electron chi connectivity index (χ3n) is 3.19. The second kappa shape index (κ2) is 6.02. The summed E-state index contributed by atoms with van der Waals surface area (Å²) in [5.74, 6) is 0.804. The van der Waals surface area contributed by atoms with Gasteiger partial charge in [0.05, 0.1) is 0 Å². The lowest BCUT2D eigenvalue weighted by Gasteiger charge is -2.04. The first-order chi connectivity index (χ1) is 8.28. The van der Waals surface area contributed by atoms with Crippen LogP contribution >= 0.6 is 11.3 Å². The highest BCUT2D eigenvalue weighted by Crippen LogP contribution is 2.23. The molecule has 0 N–H and O–H groups in total. The zero-order chi connectivity index (χ0) is 12.1. The Labute approximate surface area is 108 Å². The fourth-order valence-corrected chi connectivity index (χ4v) is 3.13. The van der Waals surface area contributed by atoms with Crippen LogP contribution in [0.2, 0.25) is 0 Å². The Balaban J connectivity index is 1.99. The summed E-state index contributed by atoms with van der Waals surface area (Å²) < 4.78 is 0. The van der Waals surface area contributed by atoms with Crippen molar-refractivity contribution in [1.82, 2.24) is 0 Å². The van der Waals surface area contributed by atoms with Crippen molar-refractivity contribution in [2.75, 3.05) is 0 Å². The molecule has 1 heterocycles. The van der Waals surface area contributed by atoms with Gasteiger partial charge in [0.15, 0.2) is 0 Å². The molecule has 17 heavy (non-hydrogen) atoms. The molecule has 0 amide bonds. The van der Waals surface area contributed by atoms with Gasteiger partial charge in [-0.25, -0.2) is 0 Å². The van der Waals surface area contributed by atoms with Gasteiger partial charge in [0, 0.05) is 16.2 Å². The largest absolute Gasteiger partial charge is 0.145 e. The molecule has 0 saturated heterocycles. The lowest BCUT2D eigenvalue weighted by molar-refractivity contribution is 0.565. The average molecular weight is 244 g/mol. The molecule has 0 aliphatic heterocycles. The molecular formula is C16H20S. The summed E-state index contributed by atoms with van der Waals surface area (Å²) in [4.78, 5) is 3.01. The van der Waals surface area contributed by atoms with Crippen molar-refractivity contribution >= 4 is 11.3 Å². The maximum Gasteiger partial charge on any atom is 0.00919 e. The van der Waals surface area contributed by atoms with Gasteiger partial charge in [0.2, 0.25) is 0 Å². The van der Waals surface area contributed by atoms with Crippen LogP contribution in [0.3, 0.4) is 0 Å². The lowest BCUT2D eigenvalue weighted by Crippen LogP contribution is -1.94. The average Bonchev–Trinajstić information content (AvgIpc) is 2.77. The van der Waals surface area contributed by atoms with Crippen molar-refractivity contribution in [1.29, 1.82) is 0 Å². The highest BCUT2D eigenvalue weighted by atomic mass is 32.1. The fourth-order valence-electron chi connectivity index (χ4n) is 1.91. The van der Waals surface area contributed by atoms with E-state index in [1.807, 2.05) is 11.3 Å². The molecular weight excluding hydrogens is 224 g/mol. The summed E-state index contributed by atoms with van der Waals surface area (Å²) in [6.45, 7) is 4.60. The summed E-state index contributed by atoms with van der Waals surface area (Å²) in [6, 6.07) is 15.3. The molecule has 0 aliphatic rings. The lowest BCUT2D eigenvalue weighted by atomic mass is 10.0. The first-order valence-electron chi connectivity index (χ1n) is 6.39. The fraction of sp³-hybridized carbons (Fsp3) is 0.375. The highest BCUT2D eigenvalue weighted by molar-refractivity contribution is 7.12. The summed E-state index contributed by atoms with van der Waals surface area (Å²) in [5, 5.41) is 0. The van der Waals surface area contributed by atoms with Crippen LogP contribution < -0.4 is 0 Å². The molecule has 1 heteroatoms. The molecule has 0 spiro atoms. The van der Waals surface area contributed by atoms with Crippen LogP contribution in [-0.2, 0) is 12.8 Å². The van der Waals surface area contributed by atoms with Crippen molar-refractivity contribution < 1.29 is 0 Å². The van der Waals surface area contributed by atoms with E-state index >= 15 is 0 Å². The van der Waals surface area contributed by atoms with Gasteiger partial charge >= 0.3 is 0 Å². The molecule has 0 radical (unpaired) electrons. The second-order valence-electron chi connectivity index (χ2n) is 4.75. The second-order valence-corrected chi connectivity index (χ2v) is 6.00. The van der Waals surface area contributed by atoms with E-state index in [9.17, 15) is 0 Å². The van der Waals surface area contributed by atoms with Crippen molar-refractivity contribution in [3.8, 4) is 0 Å². The van der Waals surface area contributed by atoms with Crippen LogP contribution in [0.25, 0.3) is 0 Å². The molecule has 0 nitrogen and oxygen atoms in total. The van der Waals surface area contributed by atoms with Gasteiger partial charge in [-0.05, 0) is 30.0 Å². The van der Waals surface area contributed by atoms with Crippen LogP contribution in [0.4, 0.5) is 0 Å². The van der Waals surface area contributed by atoms with Crippen LogP contribution in [0.15, 0.2) is 42.5 Å². The highest BCUT2D eigenvalue weighted by Gasteiger charge is 2.05. The summed E-state index contributed by atoms with van der Waals surface area (Å²) in [6.07, 6.45) is 3.58. The SMILES string of the molecule is CCC(C)Cc1ccc(Cc2ccccc2)s1. The van der Waals surface area contributed by atoms with Gasteiger partial charge in [-0.3, -0.25) is 0 Å². The standard InChI is InChI=1S/C16H20S/c1-3-13(2)11-15-9-10-16(17-15)12-14-7-5-4-6-8-14/h4-10,13H,3,11-12H2,1-2H3. The van der Waals surface area contributed by atoms with Crippen molar-refractivity contribution in [2.24, 2.45) is 5.92 Å². The summed E-state index contributed by atoms with van der Waals surface area (Å²) >= 11 is 1.97. The van der Waals surface area contributed by atoms with E-state index in [1.54, 1.807) is 0 Å². The Morgan fingerprint density at radius 2 is 1.71 bits per heavy atom. The van der Waals surface area contributed by atoms with Gasteiger partial charge in [-0.15, -0.1) is 11.3 Å². The molecule has 0 saturated carbocycles. The minimum absolute atomic E-state index is 0.804. The van der Waals surface area contributed by atoms with Crippen LogP contribution in [0.5, 0.6) is 0 Å². The zero-order valence-corrected chi connectivity index (χ0v) is 11.5. The minimum atomic E-state index is 0.804. The molecule has 0 fully saturated rings. The predicted octanol–water partition coefficient (Wildman–Crippen LogP) is 4.93. The van der Waals surface area contributed by atoms with Gasteiger partial charge in [0.1, 0.15) is 0 Å². The zero-order valence-electron chi connectivity index (χ0n) is 10.6. The molecule has 1 aromatic heterocycles. The Kier molecular flexibility index (Phi) is 4.38. The molecule has 1 atom stereocenters. The van der Waals surface area contributed by atoms with E-state index < -0.39 is 0 Å². The van der Waals surface area contributed by atoms with Gasteiger partial charge in [-0.1, -0.05) is 50.6 Å². The minimum Gasteiger partial charge on any atom is -0.145 e. The molecule has 90 valence electrons. The normalized spacial score (nSPS) is 12.6. The molecule has 0 aliphatic carbocycles. The quantitative estimate of drug-likeness (QED) is 0.699. The third-order valence-corrected chi connectivity index (χ3v) is 4.29. The first kappa shape index (κ1) is 12.4. The maximum absolute atomic E-state index is 2.33. The number of thiophene rings is 1. The molecule has 1 unspecified atom stereocenters. The van der Waals surface area contributed by atoms with Crippen molar-refractivity contribution in [2.45, 2.75) is 33.1 Å². The smallest absolute Gasteiger partial charge is 0.00919 e. The molecule has 0 bridgehead atoms. The van der Waals surface area contributed by atoms with Crippen molar-refractivity contribution in [3.63, 3.8) is 0 Å².